The quantitative estimate of drug-likeness (QED) is 0.403. The van der Waals surface area contributed by atoms with Crippen molar-refractivity contribution in [3.63, 3.8) is 0 Å². The highest BCUT2D eigenvalue weighted by Crippen LogP contribution is 2.26. The van der Waals surface area contributed by atoms with Crippen LogP contribution in [0.4, 0.5) is 4.79 Å². The smallest absolute Gasteiger partial charge is 0.408 e. The van der Waals surface area contributed by atoms with E-state index in [9.17, 15) is 14.4 Å². The molecule has 7 nitrogen and oxygen atoms in total. The van der Waals surface area contributed by atoms with Crippen LogP contribution in [-0.4, -0.2) is 47.0 Å². The van der Waals surface area contributed by atoms with Gasteiger partial charge in [0, 0.05) is 12.6 Å². The molecule has 2 unspecified atom stereocenters. The van der Waals surface area contributed by atoms with Crippen molar-refractivity contribution in [2.24, 2.45) is 0 Å². The number of carbonyl (C=O) groups is 3. The van der Waals surface area contributed by atoms with Crippen molar-refractivity contribution in [2.75, 3.05) is 6.54 Å². The summed E-state index contributed by atoms with van der Waals surface area (Å²) in [5.41, 5.74) is 1.04. The highest BCUT2D eigenvalue weighted by Gasteiger charge is 2.35. The first kappa shape index (κ1) is 29.5. The molecule has 0 aromatic heterocycles. The van der Waals surface area contributed by atoms with E-state index >= 15 is 0 Å². The van der Waals surface area contributed by atoms with Gasteiger partial charge in [0.2, 0.25) is 11.8 Å². The Hall–Kier alpha value is -2.57. The normalized spacial score (nSPS) is 13.2. The summed E-state index contributed by atoms with van der Waals surface area (Å²) in [6, 6.07) is 5.93. The van der Waals surface area contributed by atoms with Gasteiger partial charge in [-0.3, -0.25) is 9.59 Å². The number of hydrogen-bond donors (Lipinski definition) is 2. The molecule has 0 aliphatic rings. The molecule has 0 saturated carbocycles. The highest BCUT2D eigenvalue weighted by atomic mass is 16.6. The number of unbranched alkanes of at least 4 members (excludes halogenated alkanes) is 4. The van der Waals surface area contributed by atoms with Crippen LogP contribution in [0.2, 0.25) is 0 Å². The third-order valence-electron chi connectivity index (χ3n) is 5.36. The predicted octanol–water partition coefficient (Wildman–Crippen LogP) is 5.27. The molecule has 0 saturated heterocycles. The number of hydrogen-bond acceptors (Lipinski definition) is 4. The van der Waals surface area contributed by atoms with Crippen molar-refractivity contribution in [3.8, 4) is 0 Å². The molecule has 0 aliphatic carbocycles. The second-order valence-corrected chi connectivity index (χ2v) is 10.2. The molecule has 0 spiro atoms. The minimum absolute atomic E-state index is 0.0714. The Kier molecular flexibility index (Phi) is 12.1. The van der Waals surface area contributed by atoms with Crippen LogP contribution >= 0.6 is 0 Å². The molecule has 0 heterocycles. The van der Waals surface area contributed by atoms with E-state index in [-0.39, 0.29) is 17.9 Å². The average molecular weight is 476 g/mol. The van der Waals surface area contributed by atoms with E-state index in [1.54, 1.807) is 32.6 Å². The lowest BCUT2D eigenvalue weighted by Gasteiger charge is -2.34. The van der Waals surface area contributed by atoms with Gasteiger partial charge in [-0.15, -0.1) is 0 Å². The molecule has 7 heteroatoms. The zero-order valence-electron chi connectivity index (χ0n) is 22.4. The molecular weight excluding hydrogens is 430 g/mol. The Morgan fingerprint density at radius 3 is 2.15 bits per heavy atom. The minimum atomic E-state index is -0.844. The molecule has 34 heavy (non-hydrogen) atoms. The van der Waals surface area contributed by atoms with Crippen molar-refractivity contribution in [1.29, 1.82) is 0 Å². The van der Waals surface area contributed by atoms with Gasteiger partial charge in [0.05, 0.1) is 0 Å². The maximum absolute atomic E-state index is 13.7. The summed E-state index contributed by atoms with van der Waals surface area (Å²) < 4.78 is 5.33. The second-order valence-electron chi connectivity index (χ2n) is 10.2. The SMILES string of the molecule is CCCCCCCN(C(=O)C(C)NC(=O)OC(C)(C)C)C(C(=O)NC(C)C)c1ccccc1C. The first-order valence-corrected chi connectivity index (χ1v) is 12.5. The number of rotatable bonds is 12. The summed E-state index contributed by atoms with van der Waals surface area (Å²) in [5, 5.41) is 5.62. The molecule has 0 aliphatic heterocycles. The van der Waals surface area contributed by atoms with Gasteiger partial charge >= 0.3 is 6.09 Å². The van der Waals surface area contributed by atoms with E-state index in [0.717, 1.165) is 43.2 Å². The van der Waals surface area contributed by atoms with Gasteiger partial charge in [0.25, 0.3) is 0 Å². The lowest BCUT2D eigenvalue weighted by molar-refractivity contribution is -0.142. The molecule has 0 fully saturated rings. The van der Waals surface area contributed by atoms with E-state index in [0.29, 0.717) is 6.54 Å². The van der Waals surface area contributed by atoms with Crippen LogP contribution in [0, 0.1) is 6.92 Å². The number of aryl methyl sites for hydroxylation is 1. The molecule has 1 aromatic carbocycles. The van der Waals surface area contributed by atoms with Gasteiger partial charge < -0.3 is 20.3 Å². The fraction of sp³-hybridized carbons (Fsp3) is 0.667. The zero-order chi connectivity index (χ0) is 25.9. The predicted molar refractivity (Wildman–Crippen MR) is 137 cm³/mol. The number of nitrogens with one attached hydrogen (secondary N) is 2. The average Bonchev–Trinajstić information content (AvgIpc) is 2.71. The van der Waals surface area contributed by atoms with Crippen molar-refractivity contribution in [2.45, 2.75) is 111 Å². The Bertz CT molecular complexity index is 801. The van der Waals surface area contributed by atoms with Crippen LogP contribution in [0.15, 0.2) is 24.3 Å². The van der Waals surface area contributed by atoms with Crippen molar-refractivity contribution in [1.82, 2.24) is 15.5 Å². The van der Waals surface area contributed by atoms with Crippen LogP contribution in [-0.2, 0) is 14.3 Å². The third kappa shape index (κ3) is 10.1. The number of alkyl carbamates (subject to hydrolysis) is 1. The summed E-state index contributed by atoms with van der Waals surface area (Å²) in [6.07, 6.45) is 4.44. The molecule has 3 amide bonds. The van der Waals surface area contributed by atoms with E-state index in [4.69, 9.17) is 4.74 Å². The Morgan fingerprint density at radius 2 is 1.59 bits per heavy atom. The van der Waals surface area contributed by atoms with Gasteiger partial charge in [-0.2, -0.15) is 0 Å². The standard InChI is InChI=1S/C27H45N3O4/c1-9-10-11-12-15-18-30(25(32)21(5)29-26(33)34-27(6,7)8)23(24(31)28-19(2)3)22-17-14-13-16-20(22)4/h13-14,16-17,19,21,23H,9-12,15,18H2,1-8H3,(H,28,31)(H,29,33). The summed E-state index contributed by atoms with van der Waals surface area (Å²) in [5.74, 6) is -0.538. The summed E-state index contributed by atoms with van der Waals surface area (Å²) in [4.78, 5) is 41.0. The first-order valence-electron chi connectivity index (χ1n) is 12.5. The molecule has 0 bridgehead atoms. The van der Waals surface area contributed by atoms with E-state index in [1.807, 2.05) is 45.0 Å². The van der Waals surface area contributed by atoms with E-state index in [2.05, 4.69) is 17.6 Å². The van der Waals surface area contributed by atoms with Crippen LogP contribution in [0.5, 0.6) is 0 Å². The molecule has 2 atom stereocenters. The van der Waals surface area contributed by atoms with Gasteiger partial charge in [0.15, 0.2) is 0 Å². The van der Waals surface area contributed by atoms with Crippen molar-refractivity contribution < 1.29 is 19.1 Å². The second kappa shape index (κ2) is 14.0. The van der Waals surface area contributed by atoms with Crippen LogP contribution in [0.1, 0.15) is 97.7 Å². The van der Waals surface area contributed by atoms with E-state index < -0.39 is 23.8 Å². The molecule has 192 valence electrons. The number of carbonyl (C=O) groups excluding carboxylic acids is 3. The van der Waals surface area contributed by atoms with Crippen LogP contribution in [0.25, 0.3) is 0 Å². The van der Waals surface area contributed by atoms with Gasteiger partial charge in [0.1, 0.15) is 17.7 Å². The first-order chi connectivity index (χ1) is 15.9. The molecule has 0 radical (unpaired) electrons. The third-order valence-corrected chi connectivity index (χ3v) is 5.36. The minimum Gasteiger partial charge on any atom is -0.444 e. The summed E-state index contributed by atoms with van der Waals surface area (Å²) in [7, 11) is 0. The van der Waals surface area contributed by atoms with Crippen LogP contribution < -0.4 is 10.6 Å². The highest BCUT2D eigenvalue weighted by molar-refractivity contribution is 5.92. The van der Waals surface area contributed by atoms with Gasteiger partial charge in [-0.1, -0.05) is 56.9 Å². The lowest BCUT2D eigenvalue weighted by atomic mass is 9.97. The topological polar surface area (TPSA) is 87.7 Å². The fourth-order valence-corrected chi connectivity index (χ4v) is 3.75. The summed E-state index contributed by atoms with van der Waals surface area (Å²) >= 11 is 0. The van der Waals surface area contributed by atoms with Crippen LogP contribution in [0.3, 0.4) is 0 Å². The Morgan fingerprint density at radius 1 is 0.971 bits per heavy atom. The maximum atomic E-state index is 13.7. The molecule has 1 rings (SSSR count). The molecule has 1 aromatic rings. The lowest BCUT2D eigenvalue weighted by Crippen LogP contribution is -2.52. The maximum Gasteiger partial charge on any atom is 0.408 e. The summed E-state index contributed by atoms with van der Waals surface area (Å²) in [6.45, 7) is 15.3. The van der Waals surface area contributed by atoms with Gasteiger partial charge in [-0.25, -0.2) is 4.79 Å². The van der Waals surface area contributed by atoms with Gasteiger partial charge in [-0.05, 0) is 66.0 Å². The number of ether oxygens (including phenoxy) is 1. The van der Waals surface area contributed by atoms with E-state index in [1.165, 1.54) is 0 Å². The molecule has 2 N–H and O–H groups in total. The largest absolute Gasteiger partial charge is 0.444 e. The molecular formula is C27H45N3O4. The Labute approximate surface area is 206 Å². The zero-order valence-corrected chi connectivity index (χ0v) is 22.4. The monoisotopic (exact) mass is 475 g/mol. The van der Waals surface area contributed by atoms with Crippen molar-refractivity contribution in [3.05, 3.63) is 35.4 Å². The number of nitrogens with zero attached hydrogens (tertiary/aromatic N) is 1. The fourth-order valence-electron chi connectivity index (χ4n) is 3.75. The number of benzene rings is 1. The Balaban J connectivity index is 3.27. The van der Waals surface area contributed by atoms with Crippen molar-refractivity contribution >= 4 is 17.9 Å². The number of amides is 3.